The third kappa shape index (κ3) is 2.62. The topological polar surface area (TPSA) is 71.3 Å². The lowest BCUT2D eigenvalue weighted by molar-refractivity contribution is 0.272. The molecule has 0 saturated heterocycles. The van der Waals surface area contributed by atoms with E-state index in [-0.39, 0.29) is 17.4 Å². The number of nitrogens with one attached hydrogen (secondary N) is 1. The van der Waals surface area contributed by atoms with Gasteiger partial charge >= 0.3 is 0 Å². The van der Waals surface area contributed by atoms with E-state index in [1.165, 1.54) is 23.4 Å². The summed E-state index contributed by atoms with van der Waals surface area (Å²) in [7, 11) is -1.81. The molecule has 1 aliphatic rings. The van der Waals surface area contributed by atoms with Crippen LogP contribution in [-0.4, -0.2) is 24.6 Å². The average Bonchev–Trinajstić information content (AvgIpc) is 2.82. The van der Waals surface area contributed by atoms with E-state index in [2.05, 4.69) is 10.8 Å². The number of aliphatic hydroxyl groups excluding tert-OH is 1. The Kier molecular flexibility index (Phi) is 3.61. The lowest BCUT2D eigenvalue weighted by Crippen LogP contribution is -2.33. The fourth-order valence-electron chi connectivity index (χ4n) is 2.72. The van der Waals surface area contributed by atoms with E-state index in [1.807, 2.05) is 18.2 Å². The van der Waals surface area contributed by atoms with Crippen molar-refractivity contribution < 1.29 is 13.5 Å². The molecule has 0 fully saturated rings. The van der Waals surface area contributed by atoms with E-state index in [0.717, 1.165) is 6.42 Å². The van der Waals surface area contributed by atoms with Crippen molar-refractivity contribution >= 4 is 10.0 Å². The number of nitrogens with zero attached hydrogens (tertiary/aromatic N) is 1. The minimum atomic E-state index is -3.53. The molecule has 2 aromatic rings. The molecule has 112 valence electrons. The summed E-state index contributed by atoms with van der Waals surface area (Å²) in [6, 6.07) is 9.59. The monoisotopic (exact) mass is 306 g/mol. The quantitative estimate of drug-likeness (QED) is 0.870. The fraction of sp³-hybridized carbons (Fsp3) is 0.333. The van der Waals surface area contributed by atoms with Crippen LogP contribution in [0.5, 0.6) is 0 Å². The first-order chi connectivity index (χ1) is 10.0. The Hall–Kier alpha value is -1.63. The van der Waals surface area contributed by atoms with Gasteiger partial charge in [0.05, 0.1) is 11.5 Å². The molecule has 1 aromatic carbocycles. The van der Waals surface area contributed by atoms with Crippen LogP contribution in [0.1, 0.15) is 22.7 Å². The van der Waals surface area contributed by atoms with E-state index >= 15 is 0 Å². The molecule has 0 saturated carbocycles. The molecule has 21 heavy (non-hydrogen) atoms. The Morgan fingerprint density at radius 2 is 2.14 bits per heavy atom. The molecule has 0 bridgehead atoms. The van der Waals surface area contributed by atoms with Crippen LogP contribution in [-0.2, 0) is 30.1 Å². The Balaban J connectivity index is 1.70. The maximum atomic E-state index is 12.3. The molecule has 0 aliphatic heterocycles. The number of sulfonamides is 1. The molecular weight excluding hydrogens is 288 g/mol. The van der Waals surface area contributed by atoms with E-state index in [4.69, 9.17) is 5.11 Å². The lowest BCUT2D eigenvalue weighted by Gasteiger charge is -2.30. The first kappa shape index (κ1) is 14.3. The van der Waals surface area contributed by atoms with Crippen LogP contribution < -0.4 is 4.72 Å². The van der Waals surface area contributed by atoms with Gasteiger partial charge in [0.2, 0.25) is 10.0 Å². The van der Waals surface area contributed by atoms with Crippen LogP contribution in [0.25, 0.3) is 0 Å². The predicted molar refractivity (Wildman–Crippen MR) is 79.4 cm³/mol. The molecule has 3 rings (SSSR count). The zero-order chi connectivity index (χ0) is 15.0. The Morgan fingerprint density at radius 1 is 1.38 bits per heavy atom. The molecule has 0 radical (unpaired) electrons. The fourth-order valence-corrected chi connectivity index (χ4v) is 3.89. The summed E-state index contributed by atoms with van der Waals surface area (Å²) in [4.78, 5) is 0.196. The molecule has 2 N–H and O–H groups in total. The summed E-state index contributed by atoms with van der Waals surface area (Å²) < 4.78 is 28.8. The number of benzene rings is 1. The van der Waals surface area contributed by atoms with Gasteiger partial charge in [0.1, 0.15) is 0 Å². The second-order valence-electron chi connectivity index (χ2n) is 5.39. The minimum Gasteiger partial charge on any atom is -0.390 e. The van der Waals surface area contributed by atoms with Crippen molar-refractivity contribution in [3.8, 4) is 0 Å². The Morgan fingerprint density at radius 3 is 2.81 bits per heavy atom. The minimum absolute atomic E-state index is 0.179. The van der Waals surface area contributed by atoms with Gasteiger partial charge in [-0.05, 0) is 23.6 Å². The van der Waals surface area contributed by atoms with Crippen molar-refractivity contribution in [3.63, 3.8) is 0 Å². The van der Waals surface area contributed by atoms with Crippen LogP contribution in [0.15, 0.2) is 41.4 Å². The molecule has 5 nitrogen and oxygen atoms in total. The van der Waals surface area contributed by atoms with Gasteiger partial charge in [0.25, 0.3) is 0 Å². The Labute approximate surface area is 124 Å². The molecule has 1 heterocycles. The summed E-state index contributed by atoms with van der Waals surface area (Å²) in [5.74, 6) is 0.247. The molecule has 1 aliphatic carbocycles. The number of aliphatic hydroxyl groups is 1. The van der Waals surface area contributed by atoms with Gasteiger partial charge in [-0.15, -0.1) is 0 Å². The van der Waals surface area contributed by atoms with Gasteiger partial charge in [0, 0.05) is 31.4 Å². The molecule has 6 heteroatoms. The van der Waals surface area contributed by atoms with Gasteiger partial charge in [-0.2, -0.15) is 0 Å². The highest BCUT2D eigenvalue weighted by Crippen LogP contribution is 2.34. The first-order valence-electron chi connectivity index (χ1n) is 6.85. The van der Waals surface area contributed by atoms with Crippen LogP contribution in [0.2, 0.25) is 0 Å². The van der Waals surface area contributed by atoms with Crippen molar-refractivity contribution in [1.82, 2.24) is 9.29 Å². The number of aromatic nitrogens is 1. The SMILES string of the molecule is Cn1cc(S(=O)(=O)NCC2Cc3ccccc32)cc1CO. The zero-order valence-corrected chi connectivity index (χ0v) is 12.6. The van der Waals surface area contributed by atoms with Crippen LogP contribution in [0.3, 0.4) is 0 Å². The van der Waals surface area contributed by atoms with Gasteiger partial charge in [-0.25, -0.2) is 13.1 Å². The van der Waals surface area contributed by atoms with Crippen molar-refractivity contribution in [2.45, 2.75) is 23.8 Å². The largest absolute Gasteiger partial charge is 0.390 e. The lowest BCUT2D eigenvalue weighted by atomic mass is 9.78. The number of rotatable bonds is 5. The number of fused-ring (bicyclic) bond motifs is 1. The summed E-state index contributed by atoms with van der Waals surface area (Å²) in [6.07, 6.45) is 2.43. The predicted octanol–water partition coefficient (Wildman–Crippen LogP) is 1.14. The highest BCUT2D eigenvalue weighted by Gasteiger charge is 2.27. The second kappa shape index (κ2) is 5.29. The van der Waals surface area contributed by atoms with Crippen molar-refractivity contribution in [1.29, 1.82) is 0 Å². The number of aryl methyl sites for hydroxylation is 1. The first-order valence-corrected chi connectivity index (χ1v) is 8.33. The van der Waals surface area contributed by atoms with Crippen LogP contribution in [0, 0.1) is 0 Å². The number of hydrogen-bond acceptors (Lipinski definition) is 3. The molecule has 0 amide bonds. The smallest absolute Gasteiger partial charge is 0.242 e. The van der Waals surface area contributed by atoms with Crippen LogP contribution >= 0.6 is 0 Å². The van der Waals surface area contributed by atoms with Crippen molar-refractivity contribution in [3.05, 3.63) is 53.3 Å². The summed E-state index contributed by atoms with van der Waals surface area (Å²) in [6.45, 7) is 0.227. The maximum absolute atomic E-state index is 12.3. The van der Waals surface area contributed by atoms with E-state index in [9.17, 15) is 8.42 Å². The third-order valence-corrected chi connectivity index (χ3v) is 5.43. The standard InChI is InChI=1S/C15H18N2O3S/c1-17-9-14(7-13(17)10-18)21(19,20)16-8-12-6-11-4-2-3-5-15(11)12/h2-5,7,9,12,16,18H,6,8,10H2,1H3. The van der Waals surface area contributed by atoms with Gasteiger partial charge < -0.3 is 9.67 Å². The number of hydrogen-bond donors (Lipinski definition) is 2. The molecule has 0 spiro atoms. The summed E-state index contributed by atoms with van der Waals surface area (Å²) in [5, 5.41) is 9.14. The normalized spacial score (nSPS) is 17.3. The van der Waals surface area contributed by atoms with Gasteiger partial charge in [-0.3, -0.25) is 0 Å². The van der Waals surface area contributed by atoms with Crippen LogP contribution in [0.4, 0.5) is 0 Å². The molecule has 1 atom stereocenters. The maximum Gasteiger partial charge on any atom is 0.242 e. The van der Waals surface area contributed by atoms with E-state index < -0.39 is 10.0 Å². The third-order valence-electron chi connectivity index (χ3n) is 4.04. The zero-order valence-electron chi connectivity index (χ0n) is 11.8. The van der Waals surface area contributed by atoms with E-state index in [1.54, 1.807) is 11.6 Å². The van der Waals surface area contributed by atoms with Crippen molar-refractivity contribution in [2.24, 2.45) is 7.05 Å². The van der Waals surface area contributed by atoms with Gasteiger partial charge in [0.15, 0.2) is 0 Å². The summed E-state index contributed by atoms with van der Waals surface area (Å²) in [5.41, 5.74) is 3.10. The molecular formula is C15H18N2O3S. The van der Waals surface area contributed by atoms with E-state index in [0.29, 0.717) is 12.2 Å². The highest BCUT2D eigenvalue weighted by atomic mass is 32.2. The summed E-state index contributed by atoms with van der Waals surface area (Å²) >= 11 is 0. The van der Waals surface area contributed by atoms with Crippen molar-refractivity contribution in [2.75, 3.05) is 6.54 Å². The molecule has 1 aromatic heterocycles. The highest BCUT2D eigenvalue weighted by molar-refractivity contribution is 7.89. The molecule has 1 unspecified atom stereocenters. The Bertz CT molecular complexity index is 765. The van der Waals surface area contributed by atoms with Gasteiger partial charge in [-0.1, -0.05) is 24.3 Å². The second-order valence-corrected chi connectivity index (χ2v) is 7.15. The average molecular weight is 306 g/mol.